The van der Waals surface area contributed by atoms with Gasteiger partial charge in [-0.3, -0.25) is 0 Å². The molecular formula is C10H12BrNO2. The van der Waals surface area contributed by atoms with Crippen molar-refractivity contribution in [1.82, 2.24) is 0 Å². The normalized spacial score (nSPS) is 12.1. The molecule has 0 bridgehead atoms. The second kappa shape index (κ2) is 5.00. The van der Waals surface area contributed by atoms with Gasteiger partial charge < -0.3 is 10.4 Å². The van der Waals surface area contributed by atoms with Crippen molar-refractivity contribution < 1.29 is 9.90 Å². The summed E-state index contributed by atoms with van der Waals surface area (Å²) in [4.78, 5) is 10.8. The van der Waals surface area contributed by atoms with E-state index in [-0.39, 0.29) is 0 Å². The lowest BCUT2D eigenvalue weighted by molar-refractivity contribution is -0.137. The topological polar surface area (TPSA) is 49.3 Å². The van der Waals surface area contributed by atoms with Crippen LogP contribution < -0.4 is 5.32 Å². The fourth-order valence-corrected chi connectivity index (χ4v) is 1.50. The Balaban J connectivity index is 2.77. The molecule has 4 heteroatoms. The Hall–Kier alpha value is -1.03. The van der Waals surface area contributed by atoms with E-state index in [1.54, 1.807) is 0 Å². The smallest absolute Gasteiger partial charge is 0.326 e. The molecule has 0 radical (unpaired) electrons. The highest BCUT2D eigenvalue weighted by molar-refractivity contribution is 9.10. The Bertz CT molecular complexity index is 328. The molecule has 2 N–H and O–H groups in total. The minimum Gasteiger partial charge on any atom is -0.480 e. The molecule has 0 saturated heterocycles. The first-order valence-electron chi connectivity index (χ1n) is 4.39. The van der Waals surface area contributed by atoms with Crippen molar-refractivity contribution in [2.75, 3.05) is 5.32 Å². The first-order chi connectivity index (χ1) is 6.65. The fraction of sp³-hybridized carbons (Fsp3) is 0.300. The quantitative estimate of drug-likeness (QED) is 0.872. The van der Waals surface area contributed by atoms with Gasteiger partial charge in [-0.15, -0.1) is 0 Å². The fourth-order valence-electron chi connectivity index (χ4n) is 1.10. The summed E-state index contributed by atoms with van der Waals surface area (Å²) in [5.41, 5.74) is 0.807. The van der Waals surface area contributed by atoms with E-state index < -0.39 is 12.0 Å². The Morgan fingerprint density at radius 3 is 2.71 bits per heavy atom. The van der Waals surface area contributed by atoms with Crippen molar-refractivity contribution in [1.29, 1.82) is 0 Å². The predicted octanol–water partition coefficient (Wildman–Crippen LogP) is 2.72. The number of anilines is 1. The monoisotopic (exact) mass is 257 g/mol. The van der Waals surface area contributed by atoms with Gasteiger partial charge in [-0.2, -0.15) is 0 Å². The lowest BCUT2D eigenvalue weighted by Gasteiger charge is -2.14. The molecule has 0 saturated carbocycles. The average Bonchev–Trinajstić information content (AvgIpc) is 2.16. The van der Waals surface area contributed by atoms with Crippen molar-refractivity contribution in [3.8, 4) is 0 Å². The van der Waals surface area contributed by atoms with Gasteiger partial charge in [0, 0.05) is 10.2 Å². The molecule has 0 aliphatic rings. The van der Waals surface area contributed by atoms with Crippen molar-refractivity contribution in [3.63, 3.8) is 0 Å². The molecule has 0 fully saturated rings. The zero-order chi connectivity index (χ0) is 10.6. The summed E-state index contributed by atoms with van der Waals surface area (Å²) in [5.74, 6) is -0.830. The molecule has 0 aliphatic heterocycles. The van der Waals surface area contributed by atoms with Gasteiger partial charge >= 0.3 is 5.97 Å². The van der Waals surface area contributed by atoms with E-state index in [1.807, 2.05) is 31.2 Å². The third-order valence-electron chi connectivity index (χ3n) is 1.91. The number of aliphatic carboxylic acids is 1. The van der Waals surface area contributed by atoms with Gasteiger partial charge in [-0.05, 0) is 34.5 Å². The number of carbonyl (C=O) groups is 1. The van der Waals surface area contributed by atoms with E-state index >= 15 is 0 Å². The van der Waals surface area contributed by atoms with Crippen LogP contribution in [0.15, 0.2) is 28.7 Å². The first-order valence-corrected chi connectivity index (χ1v) is 5.18. The Labute approximate surface area is 91.3 Å². The van der Waals surface area contributed by atoms with Crippen LogP contribution in [0.25, 0.3) is 0 Å². The molecule has 1 aromatic rings. The van der Waals surface area contributed by atoms with Crippen LogP contribution in [-0.4, -0.2) is 17.1 Å². The Kier molecular flexibility index (Phi) is 3.95. The van der Waals surface area contributed by atoms with Crippen LogP contribution in [0.3, 0.4) is 0 Å². The van der Waals surface area contributed by atoms with E-state index in [9.17, 15) is 4.79 Å². The molecule has 1 aromatic carbocycles. The average molecular weight is 258 g/mol. The number of para-hydroxylation sites is 1. The summed E-state index contributed by atoms with van der Waals surface area (Å²) in [6, 6.07) is 6.93. The molecule has 0 aliphatic carbocycles. The van der Waals surface area contributed by atoms with Crippen LogP contribution in [0, 0.1) is 0 Å². The molecule has 0 aromatic heterocycles. The maximum absolute atomic E-state index is 10.8. The minimum absolute atomic E-state index is 0.534. The van der Waals surface area contributed by atoms with Crippen molar-refractivity contribution in [2.45, 2.75) is 19.4 Å². The van der Waals surface area contributed by atoms with Crippen LogP contribution in [0.4, 0.5) is 5.69 Å². The SMILES string of the molecule is CC[C@@H](Nc1ccccc1Br)C(=O)O. The molecule has 0 heterocycles. The summed E-state index contributed by atoms with van der Waals surface area (Å²) in [7, 11) is 0. The predicted molar refractivity (Wildman–Crippen MR) is 59.5 cm³/mol. The molecule has 14 heavy (non-hydrogen) atoms. The van der Waals surface area contributed by atoms with Crippen LogP contribution in [0.5, 0.6) is 0 Å². The number of benzene rings is 1. The van der Waals surface area contributed by atoms with E-state index in [4.69, 9.17) is 5.11 Å². The standard InChI is InChI=1S/C10H12BrNO2/c1-2-8(10(13)14)12-9-6-4-3-5-7(9)11/h3-6,8,12H,2H2,1H3,(H,13,14)/t8-/m1/s1. The minimum atomic E-state index is -0.830. The molecule has 1 rings (SSSR count). The van der Waals surface area contributed by atoms with Crippen molar-refractivity contribution in [3.05, 3.63) is 28.7 Å². The summed E-state index contributed by atoms with van der Waals surface area (Å²) in [6.45, 7) is 1.84. The van der Waals surface area contributed by atoms with E-state index in [2.05, 4.69) is 21.2 Å². The molecule has 0 spiro atoms. The summed E-state index contributed by atoms with van der Waals surface area (Å²) < 4.78 is 0.875. The molecule has 76 valence electrons. The molecule has 3 nitrogen and oxygen atoms in total. The first kappa shape index (κ1) is 11.0. The van der Waals surface area contributed by atoms with E-state index in [0.29, 0.717) is 6.42 Å². The van der Waals surface area contributed by atoms with Gasteiger partial charge in [0.05, 0.1) is 0 Å². The van der Waals surface area contributed by atoms with Gasteiger partial charge in [-0.25, -0.2) is 4.79 Å². The van der Waals surface area contributed by atoms with Gasteiger partial charge in [0.2, 0.25) is 0 Å². The van der Waals surface area contributed by atoms with Gasteiger partial charge in [0.25, 0.3) is 0 Å². The third kappa shape index (κ3) is 2.73. The number of rotatable bonds is 4. The van der Waals surface area contributed by atoms with Crippen LogP contribution >= 0.6 is 15.9 Å². The second-order valence-electron chi connectivity index (χ2n) is 2.92. The Morgan fingerprint density at radius 2 is 2.21 bits per heavy atom. The molecule has 0 unspecified atom stereocenters. The van der Waals surface area contributed by atoms with Crippen molar-refractivity contribution >= 4 is 27.6 Å². The maximum atomic E-state index is 10.8. The number of carboxylic acid groups (broad SMARTS) is 1. The Morgan fingerprint density at radius 1 is 1.57 bits per heavy atom. The summed E-state index contributed by atoms with van der Waals surface area (Å²) in [6.07, 6.45) is 0.552. The number of nitrogens with one attached hydrogen (secondary N) is 1. The zero-order valence-corrected chi connectivity index (χ0v) is 9.41. The number of halogens is 1. The largest absolute Gasteiger partial charge is 0.480 e. The molecule has 1 atom stereocenters. The third-order valence-corrected chi connectivity index (χ3v) is 2.60. The van der Waals surface area contributed by atoms with Crippen LogP contribution in [-0.2, 0) is 4.79 Å². The van der Waals surface area contributed by atoms with E-state index in [1.165, 1.54) is 0 Å². The van der Waals surface area contributed by atoms with E-state index in [0.717, 1.165) is 10.2 Å². The summed E-state index contributed by atoms with van der Waals surface area (Å²) >= 11 is 3.35. The van der Waals surface area contributed by atoms with Crippen LogP contribution in [0.2, 0.25) is 0 Å². The number of hydrogen-bond acceptors (Lipinski definition) is 2. The zero-order valence-electron chi connectivity index (χ0n) is 7.83. The number of hydrogen-bond donors (Lipinski definition) is 2. The lowest BCUT2D eigenvalue weighted by Crippen LogP contribution is -2.28. The lowest BCUT2D eigenvalue weighted by atomic mass is 10.2. The number of carboxylic acids is 1. The molecular weight excluding hydrogens is 246 g/mol. The maximum Gasteiger partial charge on any atom is 0.326 e. The van der Waals surface area contributed by atoms with Gasteiger partial charge in [0.15, 0.2) is 0 Å². The summed E-state index contributed by atoms with van der Waals surface area (Å²) in [5, 5.41) is 11.8. The highest BCUT2D eigenvalue weighted by Gasteiger charge is 2.14. The van der Waals surface area contributed by atoms with Crippen LogP contribution in [0.1, 0.15) is 13.3 Å². The second-order valence-corrected chi connectivity index (χ2v) is 3.78. The van der Waals surface area contributed by atoms with Gasteiger partial charge in [0.1, 0.15) is 6.04 Å². The molecule has 0 amide bonds. The highest BCUT2D eigenvalue weighted by atomic mass is 79.9. The van der Waals surface area contributed by atoms with Crippen molar-refractivity contribution in [2.24, 2.45) is 0 Å². The highest BCUT2D eigenvalue weighted by Crippen LogP contribution is 2.22. The van der Waals surface area contributed by atoms with Gasteiger partial charge in [-0.1, -0.05) is 19.1 Å².